The topological polar surface area (TPSA) is 78.5 Å². The standard InChI is InChI=1S/C25H29NO.C11H17NO/c1-25(2,3)22-16-10-15-21(24(22)27)18-26-23(20-13-8-5-9-14-20)17-19-11-6-4-7-12-19;1-11(2,3)9-6-4-5-8(7-12)10(9)13/h4-16,23,26-27H,17-18H2,1-3H3;4-6,13H,7,12H2,1-3H3. The lowest BCUT2D eigenvalue weighted by Gasteiger charge is -2.23. The number of nitrogens with two attached hydrogens (primary N) is 1. The average Bonchev–Trinajstić information content (AvgIpc) is 2.92. The second-order valence-corrected chi connectivity index (χ2v) is 12.4. The molecule has 0 aromatic heterocycles. The summed E-state index contributed by atoms with van der Waals surface area (Å²) in [6, 6.07) is 33.0. The molecule has 4 aromatic rings. The van der Waals surface area contributed by atoms with Crippen molar-refractivity contribution in [3.8, 4) is 11.5 Å². The van der Waals surface area contributed by atoms with Gasteiger partial charge < -0.3 is 21.3 Å². The average molecular weight is 539 g/mol. The smallest absolute Gasteiger partial charge is 0.123 e. The van der Waals surface area contributed by atoms with E-state index in [1.807, 2.05) is 48.5 Å². The number of hydrogen-bond donors (Lipinski definition) is 4. The van der Waals surface area contributed by atoms with Crippen molar-refractivity contribution >= 4 is 0 Å². The third-order valence-corrected chi connectivity index (χ3v) is 7.10. The second-order valence-electron chi connectivity index (χ2n) is 12.4. The van der Waals surface area contributed by atoms with Gasteiger partial charge >= 0.3 is 0 Å². The van der Waals surface area contributed by atoms with Crippen LogP contribution in [0.4, 0.5) is 0 Å². The van der Waals surface area contributed by atoms with Crippen molar-refractivity contribution in [2.75, 3.05) is 0 Å². The summed E-state index contributed by atoms with van der Waals surface area (Å²) in [5.41, 5.74) is 11.6. The maximum absolute atomic E-state index is 10.8. The fraction of sp³-hybridized carbons (Fsp3) is 0.333. The first-order chi connectivity index (χ1) is 18.9. The Bertz CT molecular complexity index is 1340. The molecule has 4 rings (SSSR count). The van der Waals surface area contributed by atoms with Crippen molar-refractivity contribution in [2.24, 2.45) is 5.73 Å². The normalized spacial score (nSPS) is 12.4. The van der Waals surface area contributed by atoms with E-state index >= 15 is 0 Å². The summed E-state index contributed by atoms with van der Waals surface area (Å²) < 4.78 is 0. The van der Waals surface area contributed by atoms with E-state index in [4.69, 9.17) is 5.73 Å². The Labute approximate surface area is 240 Å². The van der Waals surface area contributed by atoms with E-state index < -0.39 is 0 Å². The molecule has 0 heterocycles. The van der Waals surface area contributed by atoms with E-state index in [0.29, 0.717) is 24.6 Å². The summed E-state index contributed by atoms with van der Waals surface area (Å²) >= 11 is 0. The van der Waals surface area contributed by atoms with E-state index in [9.17, 15) is 10.2 Å². The number of benzene rings is 4. The summed E-state index contributed by atoms with van der Waals surface area (Å²) in [5, 5.41) is 24.3. The molecule has 0 saturated heterocycles. The summed E-state index contributed by atoms with van der Waals surface area (Å²) in [4.78, 5) is 0. The first-order valence-electron chi connectivity index (χ1n) is 14.1. The molecule has 0 saturated carbocycles. The molecule has 0 radical (unpaired) electrons. The molecule has 0 fully saturated rings. The highest BCUT2D eigenvalue weighted by Gasteiger charge is 2.21. The molecule has 0 aliphatic carbocycles. The van der Waals surface area contributed by atoms with Crippen LogP contribution in [0.5, 0.6) is 11.5 Å². The van der Waals surface area contributed by atoms with Gasteiger partial charge in [0.05, 0.1) is 0 Å². The summed E-state index contributed by atoms with van der Waals surface area (Å²) in [6.07, 6.45) is 0.907. The van der Waals surface area contributed by atoms with Gasteiger partial charge in [-0.1, -0.05) is 139 Å². The number of phenols is 2. The monoisotopic (exact) mass is 538 g/mol. The number of nitrogens with one attached hydrogen (secondary N) is 1. The van der Waals surface area contributed by atoms with E-state index in [-0.39, 0.29) is 16.9 Å². The van der Waals surface area contributed by atoms with Crippen LogP contribution in [0, 0.1) is 0 Å². The third-order valence-electron chi connectivity index (χ3n) is 7.10. The minimum Gasteiger partial charge on any atom is -0.507 e. The predicted octanol–water partition coefficient (Wildman–Crippen LogP) is 7.91. The van der Waals surface area contributed by atoms with Gasteiger partial charge in [-0.25, -0.2) is 0 Å². The maximum atomic E-state index is 10.8. The van der Waals surface area contributed by atoms with E-state index in [2.05, 4.69) is 95.4 Å². The highest BCUT2D eigenvalue weighted by atomic mass is 16.3. The number of rotatable bonds is 7. The highest BCUT2D eigenvalue weighted by Crippen LogP contribution is 2.34. The van der Waals surface area contributed by atoms with Gasteiger partial charge in [-0.3, -0.25) is 0 Å². The fourth-order valence-electron chi connectivity index (χ4n) is 4.78. The highest BCUT2D eigenvalue weighted by molar-refractivity contribution is 5.45. The minimum atomic E-state index is -0.0804. The van der Waals surface area contributed by atoms with Crippen molar-refractivity contribution in [3.63, 3.8) is 0 Å². The van der Waals surface area contributed by atoms with Crippen molar-refractivity contribution in [1.82, 2.24) is 5.32 Å². The van der Waals surface area contributed by atoms with Gasteiger partial charge in [0.1, 0.15) is 11.5 Å². The molecule has 4 aromatic carbocycles. The zero-order chi connectivity index (χ0) is 29.3. The van der Waals surface area contributed by atoms with Gasteiger partial charge in [-0.2, -0.15) is 0 Å². The Hall–Kier alpha value is -3.60. The molecular formula is C36H46N2O2. The molecule has 0 amide bonds. The zero-order valence-corrected chi connectivity index (χ0v) is 24.9. The first kappa shape index (κ1) is 30.9. The molecule has 4 nitrogen and oxygen atoms in total. The lowest BCUT2D eigenvalue weighted by molar-refractivity contribution is 0.432. The van der Waals surface area contributed by atoms with Crippen LogP contribution in [0.3, 0.4) is 0 Å². The number of para-hydroxylation sites is 2. The van der Waals surface area contributed by atoms with Crippen LogP contribution in [0.25, 0.3) is 0 Å². The molecule has 212 valence electrons. The van der Waals surface area contributed by atoms with E-state index in [1.54, 1.807) is 0 Å². The quantitative estimate of drug-likeness (QED) is 0.193. The number of phenolic OH excluding ortho intramolecular Hbond substituents is 2. The van der Waals surface area contributed by atoms with Crippen LogP contribution < -0.4 is 11.1 Å². The van der Waals surface area contributed by atoms with Crippen molar-refractivity contribution in [3.05, 3.63) is 130 Å². The molecule has 1 atom stereocenters. The van der Waals surface area contributed by atoms with Crippen LogP contribution >= 0.6 is 0 Å². The largest absolute Gasteiger partial charge is 0.507 e. The molecular weight excluding hydrogens is 492 g/mol. The van der Waals surface area contributed by atoms with Crippen molar-refractivity contribution in [1.29, 1.82) is 0 Å². The van der Waals surface area contributed by atoms with E-state index in [0.717, 1.165) is 28.7 Å². The number of aromatic hydroxyl groups is 2. The van der Waals surface area contributed by atoms with E-state index in [1.165, 1.54) is 11.1 Å². The summed E-state index contributed by atoms with van der Waals surface area (Å²) in [7, 11) is 0. The Kier molecular flexibility index (Phi) is 10.6. The van der Waals surface area contributed by atoms with Gasteiger partial charge in [-0.05, 0) is 39.5 Å². The molecule has 1 unspecified atom stereocenters. The lowest BCUT2D eigenvalue weighted by atomic mass is 9.85. The molecule has 4 heteroatoms. The zero-order valence-electron chi connectivity index (χ0n) is 24.9. The van der Waals surface area contributed by atoms with Crippen LogP contribution in [-0.4, -0.2) is 10.2 Å². The summed E-state index contributed by atoms with van der Waals surface area (Å²) in [6.45, 7) is 13.6. The fourth-order valence-corrected chi connectivity index (χ4v) is 4.78. The van der Waals surface area contributed by atoms with Gasteiger partial charge in [0.2, 0.25) is 0 Å². The summed E-state index contributed by atoms with van der Waals surface area (Å²) in [5.74, 6) is 0.751. The SMILES string of the molecule is CC(C)(C)c1cccc(CN)c1O.CC(C)(C)c1cccc(CNC(Cc2ccccc2)c2ccccc2)c1O. The number of hydrogen-bond acceptors (Lipinski definition) is 4. The van der Waals surface area contributed by atoms with Crippen LogP contribution in [0.15, 0.2) is 97.1 Å². The lowest BCUT2D eigenvalue weighted by Crippen LogP contribution is -2.23. The molecule has 0 aliphatic heterocycles. The minimum absolute atomic E-state index is 0.0325. The molecule has 0 aliphatic rings. The third kappa shape index (κ3) is 8.45. The molecule has 5 N–H and O–H groups in total. The first-order valence-corrected chi connectivity index (χ1v) is 14.1. The van der Waals surface area contributed by atoms with Gasteiger partial charge in [0, 0.05) is 30.3 Å². The Morgan fingerprint density at radius 3 is 1.60 bits per heavy atom. The van der Waals surface area contributed by atoms with Gasteiger partial charge in [0.15, 0.2) is 0 Å². The van der Waals surface area contributed by atoms with Crippen LogP contribution in [-0.2, 0) is 30.3 Å². The Morgan fingerprint density at radius 2 is 1.10 bits per heavy atom. The Morgan fingerprint density at radius 1 is 0.625 bits per heavy atom. The molecule has 0 bridgehead atoms. The van der Waals surface area contributed by atoms with Crippen LogP contribution in [0.2, 0.25) is 0 Å². The second kappa shape index (κ2) is 13.6. The predicted molar refractivity (Wildman–Crippen MR) is 168 cm³/mol. The van der Waals surface area contributed by atoms with Crippen LogP contribution in [0.1, 0.15) is 81.0 Å². The molecule has 40 heavy (non-hydrogen) atoms. The van der Waals surface area contributed by atoms with Crippen molar-refractivity contribution in [2.45, 2.75) is 77.9 Å². The van der Waals surface area contributed by atoms with Crippen molar-refractivity contribution < 1.29 is 10.2 Å². The van der Waals surface area contributed by atoms with Gasteiger partial charge in [0.25, 0.3) is 0 Å². The maximum Gasteiger partial charge on any atom is 0.123 e. The molecule has 0 spiro atoms. The Balaban J connectivity index is 0.000000285. The van der Waals surface area contributed by atoms with Gasteiger partial charge in [-0.15, -0.1) is 0 Å².